The summed E-state index contributed by atoms with van der Waals surface area (Å²) in [7, 11) is 0. The number of nitrogens with zero attached hydrogens (tertiary/aromatic N) is 3. The third-order valence-corrected chi connectivity index (χ3v) is 5.21. The minimum absolute atomic E-state index is 0.0131. The molecule has 162 valence electrons. The summed E-state index contributed by atoms with van der Waals surface area (Å²) < 4.78 is 14.5. The fraction of sp³-hybridized carbons (Fsp3) is 0.364. The van der Waals surface area contributed by atoms with Crippen LogP contribution in [0.1, 0.15) is 42.6 Å². The zero-order chi connectivity index (χ0) is 22.2. The standard InChI is InChI=1S/C22H25FN6O2/c1-12-6-18(23)16(21(31)26-14-4-5-14)8-15(12)13-7-17(19-10-25-29-28-19)20(24-9-13)27-22(2,3)11-30/h6-10,14,30H,4-5,11H2,1-3H3,(H,24,27)(H,26,31)(H,25,28,29). The summed E-state index contributed by atoms with van der Waals surface area (Å²) in [5, 5.41) is 26.3. The summed E-state index contributed by atoms with van der Waals surface area (Å²) in [5.41, 5.74) is 2.74. The third-order valence-electron chi connectivity index (χ3n) is 5.21. The Labute approximate surface area is 179 Å². The predicted molar refractivity (Wildman–Crippen MR) is 115 cm³/mol. The van der Waals surface area contributed by atoms with Crippen LogP contribution >= 0.6 is 0 Å². The lowest BCUT2D eigenvalue weighted by Gasteiger charge is -2.25. The first-order valence-corrected chi connectivity index (χ1v) is 10.1. The first-order chi connectivity index (χ1) is 14.8. The SMILES string of the molecule is Cc1cc(F)c(C(=O)NC2CC2)cc1-c1cnc(NC(C)(C)CO)c(-c2cn[nH]n2)c1. The Kier molecular flexibility index (Phi) is 5.45. The monoisotopic (exact) mass is 424 g/mol. The van der Waals surface area contributed by atoms with E-state index in [0.29, 0.717) is 33.8 Å². The molecule has 2 heterocycles. The first-order valence-electron chi connectivity index (χ1n) is 10.1. The van der Waals surface area contributed by atoms with E-state index in [2.05, 4.69) is 31.0 Å². The number of pyridine rings is 1. The minimum atomic E-state index is -0.604. The molecule has 1 amide bonds. The van der Waals surface area contributed by atoms with Crippen molar-refractivity contribution in [2.24, 2.45) is 0 Å². The molecule has 1 aliphatic rings. The van der Waals surface area contributed by atoms with Crippen LogP contribution in [0.2, 0.25) is 0 Å². The fourth-order valence-electron chi connectivity index (χ4n) is 3.25. The number of amides is 1. The molecule has 4 N–H and O–H groups in total. The van der Waals surface area contributed by atoms with Gasteiger partial charge in [0.2, 0.25) is 0 Å². The number of aryl methyl sites for hydroxylation is 1. The van der Waals surface area contributed by atoms with E-state index < -0.39 is 17.3 Å². The number of carbonyl (C=O) groups excluding carboxylic acids is 1. The number of rotatable bonds is 7. The number of H-pyrrole nitrogens is 1. The van der Waals surface area contributed by atoms with Gasteiger partial charge in [0, 0.05) is 23.4 Å². The summed E-state index contributed by atoms with van der Waals surface area (Å²) in [6, 6.07) is 4.94. The largest absolute Gasteiger partial charge is 0.394 e. The van der Waals surface area contributed by atoms with Gasteiger partial charge < -0.3 is 15.7 Å². The van der Waals surface area contributed by atoms with Crippen LogP contribution in [-0.2, 0) is 0 Å². The van der Waals surface area contributed by atoms with Crippen LogP contribution in [0.5, 0.6) is 0 Å². The fourth-order valence-corrected chi connectivity index (χ4v) is 3.25. The normalized spacial score (nSPS) is 13.8. The summed E-state index contributed by atoms with van der Waals surface area (Å²) in [4.78, 5) is 17.0. The Morgan fingerprint density at radius 2 is 2.03 bits per heavy atom. The lowest BCUT2D eigenvalue weighted by atomic mass is 9.96. The number of aliphatic hydroxyl groups is 1. The molecule has 0 aliphatic heterocycles. The maximum atomic E-state index is 14.5. The molecule has 0 spiro atoms. The molecule has 4 rings (SSSR count). The second-order valence-electron chi connectivity index (χ2n) is 8.54. The molecule has 1 aromatic carbocycles. The molecular formula is C22H25FN6O2. The topological polar surface area (TPSA) is 116 Å². The van der Waals surface area contributed by atoms with Gasteiger partial charge in [-0.2, -0.15) is 15.4 Å². The van der Waals surface area contributed by atoms with E-state index in [-0.39, 0.29) is 18.2 Å². The van der Waals surface area contributed by atoms with Gasteiger partial charge in [-0.15, -0.1) is 0 Å². The number of carbonyl (C=O) groups is 1. The van der Waals surface area contributed by atoms with Crippen molar-refractivity contribution in [1.82, 2.24) is 25.7 Å². The van der Waals surface area contributed by atoms with Gasteiger partial charge in [-0.05, 0) is 62.9 Å². The molecule has 1 fully saturated rings. The number of aliphatic hydroxyl groups excluding tert-OH is 1. The number of hydrogen-bond acceptors (Lipinski definition) is 6. The predicted octanol–water partition coefficient (Wildman–Crippen LogP) is 3.06. The molecular weight excluding hydrogens is 399 g/mol. The van der Waals surface area contributed by atoms with E-state index in [1.54, 1.807) is 25.4 Å². The summed E-state index contributed by atoms with van der Waals surface area (Å²) in [6.07, 6.45) is 5.08. The maximum absolute atomic E-state index is 14.5. The van der Waals surface area contributed by atoms with E-state index in [4.69, 9.17) is 0 Å². The lowest BCUT2D eigenvalue weighted by molar-refractivity contribution is 0.0947. The highest BCUT2D eigenvalue weighted by Gasteiger charge is 2.26. The van der Waals surface area contributed by atoms with E-state index in [1.165, 1.54) is 6.07 Å². The zero-order valence-electron chi connectivity index (χ0n) is 17.7. The van der Waals surface area contributed by atoms with Gasteiger partial charge in [-0.25, -0.2) is 9.37 Å². The number of nitrogens with one attached hydrogen (secondary N) is 3. The Balaban J connectivity index is 1.77. The molecule has 3 aromatic rings. The van der Waals surface area contributed by atoms with E-state index in [9.17, 15) is 14.3 Å². The number of aromatic nitrogens is 4. The highest BCUT2D eigenvalue weighted by molar-refractivity contribution is 5.96. The molecule has 0 bridgehead atoms. The Bertz CT molecular complexity index is 1110. The van der Waals surface area contributed by atoms with Crippen LogP contribution in [0.15, 0.2) is 30.6 Å². The van der Waals surface area contributed by atoms with Crippen molar-refractivity contribution in [1.29, 1.82) is 0 Å². The second kappa shape index (κ2) is 8.07. The molecule has 1 aliphatic carbocycles. The van der Waals surface area contributed by atoms with Gasteiger partial charge >= 0.3 is 0 Å². The van der Waals surface area contributed by atoms with Crippen LogP contribution in [0, 0.1) is 12.7 Å². The van der Waals surface area contributed by atoms with E-state index >= 15 is 0 Å². The van der Waals surface area contributed by atoms with Gasteiger partial charge in [0.1, 0.15) is 17.3 Å². The summed E-state index contributed by atoms with van der Waals surface area (Å²) >= 11 is 0. The average molecular weight is 424 g/mol. The molecule has 0 radical (unpaired) electrons. The number of benzene rings is 1. The minimum Gasteiger partial charge on any atom is -0.394 e. The smallest absolute Gasteiger partial charge is 0.254 e. The van der Waals surface area contributed by atoms with E-state index in [1.807, 2.05) is 19.9 Å². The lowest BCUT2D eigenvalue weighted by Crippen LogP contribution is -2.35. The number of hydrogen-bond donors (Lipinski definition) is 4. The molecule has 31 heavy (non-hydrogen) atoms. The van der Waals surface area contributed by atoms with Crippen molar-refractivity contribution in [3.63, 3.8) is 0 Å². The van der Waals surface area contributed by atoms with Crippen molar-refractivity contribution in [2.75, 3.05) is 11.9 Å². The van der Waals surface area contributed by atoms with Gasteiger partial charge in [-0.3, -0.25) is 4.79 Å². The number of aromatic amines is 1. The third kappa shape index (κ3) is 4.56. The first kappa shape index (κ1) is 20.9. The summed E-state index contributed by atoms with van der Waals surface area (Å²) in [6.45, 7) is 5.40. The van der Waals surface area contributed by atoms with Gasteiger partial charge in [-0.1, -0.05) is 0 Å². The molecule has 1 saturated carbocycles. The Morgan fingerprint density at radius 1 is 1.26 bits per heavy atom. The van der Waals surface area contributed by atoms with Crippen molar-refractivity contribution >= 4 is 11.7 Å². The van der Waals surface area contributed by atoms with Crippen LogP contribution in [0.4, 0.5) is 10.2 Å². The molecule has 0 saturated heterocycles. The molecule has 0 atom stereocenters. The van der Waals surface area contributed by atoms with Crippen LogP contribution < -0.4 is 10.6 Å². The van der Waals surface area contributed by atoms with Crippen LogP contribution in [-0.4, -0.2) is 49.6 Å². The molecule has 8 nitrogen and oxygen atoms in total. The Morgan fingerprint density at radius 3 is 2.68 bits per heavy atom. The Hall–Kier alpha value is -3.33. The van der Waals surface area contributed by atoms with Gasteiger partial charge in [0.05, 0.1) is 23.9 Å². The van der Waals surface area contributed by atoms with Gasteiger partial charge in [0.25, 0.3) is 5.91 Å². The maximum Gasteiger partial charge on any atom is 0.254 e. The number of halogens is 1. The van der Waals surface area contributed by atoms with Crippen LogP contribution in [0.3, 0.4) is 0 Å². The van der Waals surface area contributed by atoms with E-state index in [0.717, 1.165) is 12.8 Å². The van der Waals surface area contributed by atoms with Crippen LogP contribution in [0.25, 0.3) is 22.4 Å². The highest BCUT2D eigenvalue weighted by Crippen LogP contribution is 2.33. The number of anilines is 1. The second-order valence-corrected chi connectivity index (χ2v) is 8.54. The molecule has 0 unspecified atom stereocenters. The van der Waals surface area contributed by atoms with Crippen molar-refractivity contribution in [3.05, 3.63) is 47.5 Å². The van der Waals surface area contributed by atoms with Crippen molar-refractivity contribution in [2.45, 2.75) is 45.2 Å². The average Bonchev–Trinajstić information content (AvgIpc) is 3.37. The van der Waals surface area contributed by atoms with Crippen molar-refractivity contribution < 1.29 is 14.3 Å². The molecule has 2 aromatic heterocycles. The summed E-state index contributed by atoms with van der Waals surface area (Å²) in [5.74, 6) is -0.427. The highest BCUT2D eigenvalue weighted by atomic mass is 19.1. The zero-order valence-corrected chi connectivity index (χ0v) is 17.7. The molecule has 9 heteroatoms. The van der Waals surface area contributed by atoms with Crippen molar-refractivity contribution in [3.8, 4) is 22.4 Å². The van der Waals surface area contributed by atoms with Gasteiger partial charge in [0.15, 0.2) is 0 Å². The quantitative estimate of drug-likeness (QED) is 0.463.